The molecule has 0 aliphatic rings. The number of aliphatic hydroxyl groups is 3. The quantitative estimate of drug-likeness (QED) is 0.0788. The van der Waals surface area contributed by atoms with Crippen LogP contribution in [0, 0.1) is 0 Å². The fraction of sp³-hybridized carbons (Fsp3) is 0.415. The van der Waals surface area contributed by atoms with E-state index >= 15 is 0 Å². The Morgan fingerprint density at radius 2 is 0.740 bits per heavy atom. The minimum absolute atomic E-state index is 0.0597. The lowest BCUT2D eigenvalue weighted by molar-refractivity contribution is 0.174. The zero-order valence-electron chi connectivity index (χ0n) is 30.0. The Morgan fingerprint density at radius 3 is 1.12 bits per heavy atom. The van der Waals surface area contributed by atoms with Gasteiger partial charge in [0.05, 0.1) is 19.8 Å². The predicted molar refractivity (Wildman–Crippen MR) is 193 cm³/mol. The van der Waals surface area contributed by atoms with Crippen molar-refractivity contribution in [3.8, 4) is 17.2 Å². The van der Waals surface area contributed by atoms with E-state index in [1.54, 1.807) is 21.3 Å². The first kappa shape index (κ1) is 38.8. The maximum Gasteiger partial charge on any atom is 0.126 e. The van der Waals surface area contributed by atoms with Crippen molar-refractivity contribution in [2.45, 2.75) is 70.7 Å². The molecule has 0 aromatic heterocycles. The number of phenolic OH excluding ortho intramolecular Hbond substituents is 3. The third kappa shape index (κ3) is 7.84. The van der Waals surface area contributed by atoms with E-state index in [2.05, 4.69) is 45.0 Å². The highest BCUT2D eigenvalue weighted by Crippen LogP contribution is 2.45. The van der Waals surface area contributed by atoms with E-state index in [9.17, 15) is 30.6 Å². The van der Waals surface area contributed by atoms with Crippen LogP contribution in [0.15, 0.2) is 60.7 Å². The molecule has 0 bridgehead atoms. The number of rotatable bonds is 17. The van der Waals surface area contributed by atoms with E-state index in [4.69, 9.17) is 14.2 Å². The molecule has 270 valence electrons. The van der Waals surface area contributed by atoms with Gasteiger partial charge in [-0.25, -0.2) is 0 Å². The number of phenols is 3. The maximum atomic E-state index is 11.1. The van der Waals surface area contributed by atoms with E-state index in [1.807, 2.05) is 36.4 Å². The first-order valence-corrected chi connectivity index (χ1v) is 16.9. The lowest BCUT2D eigenvalue weighted by atomic mass is 9.68. The summed E-state index contributed by atoms with van der Waals surface area (Å²) >= 11 is 0. The van der Waals surface area contributed by atoms with Gasteiger partial charge in [-0.15, -0.1) is 0 Å². The summed E-state index contributed by atoms with van der Waals surface area (Å²) in [6.07, 6.45) is 0.781. The van der Waals surface area contributed by atoms with Crippen molar-refractivity contribution in [3.05, 3.63) is 122 Å². The molecule has 50 heavy (non-hydrogen) atoms. The largest absolute Gasteiger partial charge is 0.507 e. The molecule has 0 fully saturated rings. The molecule has 0 saturated heterocycles. The molecule has 0 aliphatic heterocycles. The second-order valence-electron chi connectivity index (χ2n) is 13.5. The van der Waals surface area contributed by atoms with Crippen molar-refractivity contribution in [1.82, 2.24) is 0 Å². The molecular formula is C41H52O9. The zero-order chi connectivity index (χ0) is 36.6. The van der Waals surface area contributed by atoms with Crippen LogP contribution in [-0.2, 0) is 64.1 Å². The van der Waals surface area contributed by atoms with Gasteiger partial charge >= 0.3 is 0 Å². The number of ether oxygens (including phenoxy) is 3. The van der Waals surface area contributed by atoms with Crippen LogP contribution in [0.5, 0.6) is 17.2 Å². The Hall–Kier alpha value is -3.96. The molecule has 1 atom stereocenters. The molecule has 9 heteroatoms. The number of hydrogen-bond acceptors (Lipinski definition) is 9. The monoisotopic (exact) mass is 688 g/mol. The molecule has 4 aromatic rings. The summed E-state index contributed by atoms with van der Waals surface area (Å²) in [5.41, 5.74) is 6.92. The standard InChI is InChI=1S/C41H52O9/c1-40(2,34-17-26(11-14-42)38(46)29(20-34)23-48-4)32-7-9-33(10-8-32)41(3,35-18-27(12-15-43)37(45)28(19-35)13-16-44)36-21-30(24-49-5)39(47)31(22-36)25-50-6/h7-10,17-22,42-47H,11-16,23-25H2,1-6H3. The molecule has 0 aliphatic carbocycles. The predicted octanol–water partition coefficient (Wildman–Crippen LogP) is 5.53. The van der Waals surface area contributed by atoms with Gasteiger partial charge in [0.2, 0.25) is 0 Å². The average Bonchev–Trinajstić information content (AvgIpc) is 3.10. The molecule has 4 rings (SSSR count). The van der Waals surface area contributed by atoms with Crippen molar-refractivity contribution in [1.29, 1.82) is 0 Å². The van der Waals surface area contributed by atoms with Crippen LogP contribution < -0.4 is 0 Å². The van der Waals surface area contributed by atoms with Gasteiger partial charge in [-0.1, -0.05) is 56.3 Å². The lowest BCUT2D eigenvalue weighted by Gasteiger charge is -2.35. The molecule has 6 N–H and O–H groups in total. The summed E-state index contributed by atoms with van der Waals surface area (Å²) in [7, 11) is 4.73. The average molecular weight is 689 g/mol. The first-order valence-electron chi connectivity index (χ1n) is 16.9. The van der Waals surface area contributed by atoms with Gasteiger partial charge in [0.15, 0.2) is 0 Å². The Balaban J connectivity index is 1.97. The molecule has 0 saturated carbocycles. The van der Waals surface area contributed by atoms with Gasteiger partial charge in [0.25, 0.3) is 0 Å². The molecule has 4 aromatic carbocycles. The van der Waals surface area contributed by atoms with Gasteiger partial charge in [0, 0.05) is 68.7 Å². The van der Waals surface area contributed by atoms with Crippen LogP contribution in [0.25, 0.3) is 0 Å². The molecular weight excluding hydrogens is 636 g/mol. The van der Waals surface area contributed by atoms with Crippen LogP contribution in [-0.4, -0.2) is 71.8 Å². The van der Waals surface area contributed by atoms with Crippen LogP contribution in [0.1, 0.15) is 82.0 Å². The Morgan fingerprint density at radius 1 is 0.440 bits per heavy atom. The van der Waals surface area contributed by atoms with Crippen LogP contribution in [0.2, 0.25) is 0 Å². The van der Waals surface area contributed by atoms with Crippen LogP contribution in [0.3, 0.4) is 0 Å². The molecule has 0 heterocycles. The van der Waals surface area contributed by atoms with Crippen molar-refractivity contribution in [2.24, 2.45) is 0 Å². The smallest absolute Gasteiger partial charge is 0.126 e. The SMILES string of the molecule is COCc1cc(C(C)(C)c2ccc(C(C)(c3cc(CCO)c(O)c(CCO)c3)c3cc(COC)c(O)c(COC)c3)cc2)cc(CCO)c1O. The summed E-state index contributed by atoms with van der Waals surface area (Å²) in [4.78, 5) is 0. The van der Waals surface area contributed by atoms with Crippen molar-refractivity contribution in [3.63, 3.8) is 0 Å². The second kappa shape index (κ2) is 16.8. The highest BCUT2D eigenvalue weighted by atomic mass is 16.5. The maximum absolute atomic E-state index is 11.1. The molecule has 9 nitrogen and oxygen atoms in total. The van der Waals surface area contributed by atoms with Gasteiger partial charge in [-0.2, -0.15) is 0 Å². The Kier molecular flexibility index (Phi) is 13.1. The van der Waals surface area contributed by atoms with E-state index in [-0.39, 0.29) is 69.7 Å². The highest BCUT2D eigenvalue weighted by Gasteiger charge is 2.35. The first-order chi connectivity index (χ1) is 23.9. The Bertz CT molecular complexity index is 1600. The minimum atomic E-state index is -0.845. The number of aliphatic hydroxyl groups excluding tert-OH is 3. The lowest BCUT2D eigenvalue weighted by Crippen LogP contribution is -2.27. The third-order valence-corrected chi connectivity index (χ3v) is 9.91. The molecule has 0 radical (unpaired) electrons. The van der Waals surface area contributed by atoms with E-state index in [0.29, 0.717) is 39.8 Å². The van der Waals surface area contributed by atoms with Crippen LogP contribution >= 0.6 is 0 Å². The third-order valence-electron chi connectivity index (χ3n) is 9.91. The van der Waals surface area contributed by atoms with Crippen LogP contribution in [0.4, 0.5) is 0 Å². The van der Waals surface area contributed by atoms with Gasteiger partial charge < -0.3 is 44.8 Å². The van der Waals surface area contributed by atoms with Crippen molar-refractivity contribution < 1.29 is 44.8 Å². The van der Waals surface area contributed by atoms with Gasteiger partial charge in [0.1, 0.15) is 17.2 Å². The fourth-order valence-corrected chi connectivity index (χ4v) is 6.83. The normalized spacial score (nSPS) is 13.1. The zero-order valence-corrected chi connectivity index (χ0v) is 30.0. The van der Waals surface area contributed by atoms with Crippen molar-refractivity contribution >= 4 is 0 Å². The number of hydrogen-bond donors (Lipinski definition) is 6. The summed E-state index contributed by atoms with van der Waals surface area (Å²) in [5, 5.41) is 62.5. The van der Waals surface area contributed by atoms with Gasteiger partial charge in [-0.3, -0.25) is 0 Å². The van der Waals surface area contributed by atoms with E-state index in [1.165, 1.54) is 0 Å². The Labute approximate surface area is 295 Å². The second-order valence-corrected chi connectivity index (χ2v) is 13.5. The fourth-order valence-electron chi connectivity index (χ4n) is 6.83. The number of benzene rings is 4. The van der Waals surface area contributed by atoms with Gasteiger partial charge in [-0.05, 0) is 88.9 Å². The highest BCUT2D eigenvalue weighted by molar-refractivity contribution is 5.58. The van der Waals surface area contributed by atoms with E-state index < -0.39 is 10.8 Å². The molecule has 0 spiro atoms. The topological polar surface area (TPSA) is 149 Å². The number of aromatic hydroxyl groups is 3. The number of methoxy groups -OCH3 is 3. The summed E-state index contributed by atoms with van der Waals surface area (Å²) < 4.78 is 16.3. The molecule has 0 amide bonds. The molecule has 1 unspecified atom stereocenters. The van der Waals surface area contributed by atoms with E-state index in [0.717, 1.165) is 27.8 Å². The summed E-state index contributed by atoms with van der Waals surface area (Å²) in [5.74, 6) is 0.299. The minimum Gasteiger partial charge on any atom is -0.507 e. The summed E-state index contributed by atoms with van der Waals surface area (Å²) in [6, 6.07) is 19.9. The van der Waals surface area contributed by atoms with Crippen molar-refractivity contribution in [2.75, 3.05) is 41.2 Å². The summed E-state index contributed by atoms with van der Waals surface area (Å²) in [6.45, 7) is 6.49.